The van der Waals surface area contributed by atoms with Gasteiger partial charge in [-0.15, -0.1) is 24.8 Å². The number of amides is 1. The van der Waals surface area contributed by atoms with Gasteiger partial charge in [0.25, 0.3) is 0 Å². The quantitative estimate of drug-likeness (QED) is 0.748. The second-order valence-electron chi connectivity index (χ2n) is 8.42. The minimum Gasteiger partial charge on any atom is -0.373 e. The number of benzene rings is 1. The molecule has 3 N–H and O–H groups in total. The molecular formula is C21H35Cl2N3O2. The van der Waals surface area contributed by atoms with Crippen LogP contribution in [-0.4, -0.2) is 48.2 Å². The van der Waals surface area contributed by atoms with Gasteiger partial charge in [0.15, 0.2) is 0 Å². The van der Waals surface area contributed by atoms with Crippen molar-refractivity contribution in [3.8, 4) is 0 Å². The van der Waals surface area contributed by atoms with E-state index in [0.717, 1.165) is 38.1 Å². The molecule has 7 heteroatoms. The highest BCUT2D eigenvalue weighted by Gasteiger charge is 2.42. The van der Waals surface area contributed by atoms with Crippen LogP contribution in [0.1, 0.15) is 57.6 Å². The highest BCUT2D eigenvalue weighted by Crippen LogP contribution is 2.36. The Bertz CT molecular complexity index is 607. The van der Waals surface area contributed by atoms with E-state index in [9.17, 15) is 4.79 Å². The molecule has 1 saturated heterocycles. The maximum absolute atomic E-state index is 12.7. The Morgan fingerprint density at radius 2 is 1.82 bits per heavy atom. The number of ether oxygens (including phenoxy) is 1. The Labute approximate surface area is 181 Å². The molecule has 1 saturated carbocycles. The van der Waals surface area contributed by atoms with Crippen LogP contribution in [0.2, 0.25) is 0 Å². The van der Waals surface area contributed by atoms with E-state index in [2.05, 4.69) is 24.1 Å². The van der Waals surface area contributed by atoms with Gasteiger partial charge >= 0.3 is 0 Å². The fraction of sp³-hybridized carbons (Fsp3) is 0.667. The predicted molar refractivity (Wildman–Crippen MR) is 118 cm³/mol. The van der Waals surface area contributed by atoms with Crippen molar-refractivity contribution in [2.24, 2.45) is 5.73 Å². The second kappa shape index (κ2) is 10.8. The smallest absolute Gasteiger partial charge is 0.241 e. The van der Waals surface area contributed by atoms with Gasteiger partial charge in [-0.2, -0.15) is 0 Å². The van der Waals surface area contributed by atoms with Gasteiger partial charge in [-0.1, -0.05) is 49.6 Å². The third kappa shape index (κ3) is 6.07. The van der Waals surface area contributed by atoms with Crippen molar-refractivity contribution in [2.45, 2.75) is 63.1 Å². The molecule has 0 spiro atoms. The molecule has 3 rings (SSSR count). The third-order valence-corrected chi connectivity index (χ3v) is 5.91. The van der Waals surface area contributed by atoms with Crippen molar-refractivity contribution < 1.29 is 9.53 Å². The van der Waals surface area contributed by atoms with E-state index < -0.39 is 6.04 Å². The lowest BCUT2D eigenvalue weighted by molar-refractivity contribution is -0.130. The maximum atomic E-state index is 12.7. The Kier molecular flexibility index (Phi) is 9.71. The lowest BCUT2D eigenvalue weighted by Crippen LogP contribution is -2.63. The lowest BCUT2D eigenvalue weighted by Gasteiger charge is -2.51. The zero-order valence-corrected chi connectivity index (χ0v) is 18.6. The van der Waals surface area contributed by atoms with Gasteiger partial charge in [-0.05, 0) is 32.3 Å². The number of nitrogens with zero attached hydrogens (tertiary/aromatic N) is 1. The first kappa shape index (κ1) is 25.2. The van der Waals surface area contributed by atoms with Crippen LogP contribution >= 0.6 is 24.8 Å². The molecule has 160 valence electrons. The van der Waals surface area contributed by atoms with Crippen molar-refractivity contribution >= 4 is 30.7 Å². The fourth-order valence-corrected chi connectivity index (χ4v) is 4.41. The van der Waals surface area contributed by atoms with E-state index in [4.69, 9.17) is 10.5 Å². The molecular weight excluding hydrogens is 397 g/mol. The zero-order chi connectivity index (χ0) is 18.6. The van der Waals surface area contributed by atoms with Gasteiger partial charge in [0, 0.05) is 25.2 Å². The van der Waals surface area contributed by atoms with Crippen molar-refractivity contribution in [1.82, 2.24) is 10.2 Å². The summed E-state index contributed by atoms with van der Waals surface area (Å²) in [4.78, 5) is 15.2. The largest absolute Gasteiger partial charge is 0.373 e. The highest BCUT2D eigenvalue weighted by atomic mass is 35.5. The summed E-state index contributed by atoms with van der Waals surface area (Å²) in [5.41, 5.74) is 6.93. The van der Waals surface area contributed by atoms with E-state index >= 15 is 0 Å². The summed E-state index contributed by atoms with van der Waals surface area (Å²) in [5.74, 6) is -0.0892. The molecule has 5 nitrogen and oxygen atoms in total. The van der Waals surface area contributed by atoms with Crippen molar-refractivity contribution in [3.05, 3.63) is 35.9 Å². The molecule has 2 fully saturated rings. The Balaban J connectivity index is 0.00000196. The van der Waals surface area contributed by atoms with Gasteiger partial charge in [0.05, 0.1) is 12.2 Å². The van der Waals surface area contributed by atoms with E-state index in [-0.39, 0.29) is 41.9 Å². The van der Waals surface area contributed by atoms with Gasteiger partial charge in [-0.25, -0.2) is 0 Å². The zero-order valence-electron chi connectivity index (χ0n) is 17.0. The number of carbonyl (C=O) groups excluding carboxylic acids is 1. The van der Waals surface area contributed by atoms with Crippen molar-refractivity contribution in [1.29, 1.82) is 0 Å². The Morgan fingerprint density at radius 1 is 1.18 bits per heavy atom. The van der Waals surface area contributed by atoms with Crippen molar-refractivity contribution in [3.63, 3.8) is 0 Å². The average Bonchev–Trinajstić information content (AvgIpc) is 2.66. The van der Waals surface area contributed by atoms with Crippen LogP contribution in [0, 0.1) is 0 Å². The van der Waals surface area contributed by atoms with Gasteiger partial charge < -0.3 is 15.8 Å². The third-order valence-electron chi connectivity index (χ3n) is 5.91. The first-order valence-electron chi connectivity index (χ1n) is 9.89. The number of hydrogen-bond donors (Lipinski definition) is 2. The molecule has 1 aromatic rings. The molecule has 1 heterocycles. The van der Waals surface area contributed by atoms with Crippen LogP contribution < -0.4 is 11.1 Å². The fourth-order valence-electron chi connectivity index (χ4n) is 4.41. The molecule has 1 atom stereocenters. The summed E-state index contributed by atoms with van der Waals surface area (Å²) in [6.45, 7) is 7.57. The minimum atomic E-state index is -0.613. The Morgan fingerprint density at radius 3 is 2.43 bits per heavy atom. The van der Waals surface area contributed by atoms with Crippen LogP contribution in [0.4, 0.5) is 0 Å². The molecule has 0 bridgehead atoms. The first-order valence-corrected chi connectivity index (χ1v) is 9.89. The highest BCUT2D eigenvalue weighted by molar-refractivity contribution is 5.85. The lowest BCUT2D eigenvalue weighted by atomic mass is 9.79. The maximum Gasteiger partial charge on any atom is 0.241 e. The second-order valence-corrected chi connectivity index (χ2v) is 8.42. The number of hydrogen-bond acceptors (Lipinski definition) is 4. The summed E-state index contributed by atoms with van der Waals surface area (Å²) >= 11 is 0. The SMILES string of the molecule is CC1(C)CN(C2(CNC(=O)C(N)c3ccccc3)CCCCC2)CCO1.Cl.Cl. The van der Waals surface area contributed by atoms with E-state index in [0.29, 0.717) is 6.54 Å². The molecule has 1 aliphatic carbocycles. The summed E-state index contributed by atoms with van der Waals surface area (Å²) in [6, 6.07) is 8.97. The number of nitrogens with two attached hydrogens (primary N) is 1. The summed E-state index contributed by atoms with van der Waals surface area (Å²) in [6.07, 6.45) is 5.98. The van der Waals surface area contributed by atoms with Gasteiger partial charge in [0.2, 0.25) is 5.91 Å². The van der Waals surface area contributed by atoms with Gasteiger partial charge in [-0.3, -0.25) is 9.69 Å². The van der Waals surface area contributed by atoms with Crippen LogP contribution in [0.5, 0.6) is 0 Å². The Hall–Kier alpha value is -0.850. The molecule has 1 amide bonds. The standard InChI is InChI=1S/C21H33N3O2.2ClH/c1-20(2)16-24(13-14-26-20)21(11-7-4-8-12-21)15-23-19(25)18(22)17-9-5-3-6-10-17;;/h3,5-6,9-10,18H,4,7-8,11-16,22H2,1-2H3,(H,23,25);2*1H. The normalized spacial score (nSPS) is 22.2. The van der Waals surface area contributed by atoms with E-state index in [1.165, 1.54) is 19.3 Å². The summed E-state index contributed by atoms with van der Waals surface area (Å²) < 4.78 is 5.90. The summed E-state index contributed by atoms with van der Waals surface area (Å²) in [7, 11) is 0. The molecule has 1 unspecified atom stereocenters. The average molecular weight is 432 g/mol. The van der Waals surface area contributed by atoms with Crippen LogP contribution in [0.15, 0.2) is 30.3 Å². The number of nitrogens with one attached hydrogen (secondary N) is 1. The van der Waals surface area contributed by atoms with Crippen LogP contribution in [0.25, 0.3) is 0 Å². The van der Waals surface area contributed by atoms with Crippen LogP contribution in [0.3, 0.4) is 0 Å². The molecule has 28 heavy (non-hydrogen) atoms. The predicted octanol–water partition coefficient (Wildman–Crippen LogP) is 3.46. The van der Waals surface area contributed by atoms with Crippen LogP contribution in [-0.2, 0) is 9.53 Å². The molecule has 0 aromatic heterocycles. The van der Waals surface area contributed by atoms with E-state index in [1.807, 2.05) is 30.3 Å². The first-order chi connectivity index (χ1) is 12.4. The minimum absolute atomic E-state index is 0. The molecule has 1 aromatic carbocycles. The topological polar surface area (TPSA) is 67.6 Å². The van der Waals surface area contributed by atoms with Gasteiger partial charge in [0.1, 0.15) is 6.04 Å². The monoisotopic (exact) mass is 431 g/mol. The summed E-state index contributed by atoms with van der Waals surface area (Å²) in [5, 5.41) is 3.17. The molecule has 0 radical (unpaired) electrons. The number of rotatable bonds is 5. The number of morpholine rings is 1. The number of halogens is 2. The molecule has 2 aliphatic rings. The number of carbonyl (C=O) groups is 1. The van der Waals surface area contributed by atoms with Crippen molar-refractivity contribution in [2.75, 3.05) is 26.2 Å². The van der Waals surface area contributed by atoms with E-state index in [1.54, 1.807) is 0 Å². The molecule has 1 aliphatic heterocycles.